The molecule has 1 saturated heterocycles. The van der Waals surface area contributed by atoms with Crippen molar-refractivity contribution in [2.75, 3.05) is 39.3 Å². The lowest BCUT2D eigenvalue weighted by molar-refractivity contribution is 0.0594. The molecule has 4 nitrogen and oxygen atoms in total. The Morgan fingerprint density at radius 2 is 1.79 bits per heavy atom. The molecule has 0 bridgehead atoms. The summed E-state index contributed by atoms with van der Waals surface area (Å²) < 4.78 is 0. The van der Waals surface area contributed by atoms with Crippen LogP contribution in [0.25, 0.3) is 0 Å². The number of rotatable bonds is 6. The zero-order valence-electron chi connectivity index (χ0n) is 12.9. The van der Waals surface area contributed by atoms with Crippen molar-refractivity contribution in [3.05, 3.63) is 0 Å². The molecule has 0 amide bonds. The van der Waals surface area contributed by atoms with Gasteiger partial charge in [0.2, 0.25) is 0 Å². The maximum Gasteiger partial charge on any atom is 0.0585 e. The first kappa shape index (κ1) is 15.2. The van der Waals surface area contributed by atoms with Gasteiger partial charge < -0.3 is 15.3 Å². The van der Waals surface area contributed by atoms with Gasteiger partial charge in [-0.3, -0.25) is 4.90 Å². The third-order valence-corrected chi connectivity index (χ3v) is 4.38. The van der Waals surface area contributed by atoms with E-state index in [0.717, 1.165) is 13.0 Å². The molecule has 112 valence electrons. The molecule has 19 heavy (non-hydrogen) atoms. The molecule has 0 spiro atoms. The molecule has 0 radical (unpaired) electrons. The molecule has 1 atom stereocenters. The quantitative estimate of drug-likeness (QED) is 0.752. The average molecular weight is 269 g/mol. The highest BCUT2D eigenvalue weighted by molar-refractivity contribution is 4.86. The van der Waals surface area contributed by atoms with Crippen molar-refractivity contribution in [3.63, 3.8) is 0 Å². The van der Waals surface area contributed by atoms with Crippen molar-refractivity contribution in [1.82, 2.24) is 15.1 Å². The van der Waals surface area contributed by atoms with Crippen LogP contribution in [0.3, 0.4) is 0 Å². The van der Waals surface area contributed by atoms with Gasteiger partial charge in [0.25, 0.3) is 0 Å². The zero-order chi connectivity index (χ0) is 13.9. The molecule has 1 saturated carbocycles. The minimum Gasteiger partial charge on any atom is -0.395 e. The molecule has 2 aliphatic rings. The summed E-state index contributed by atoms with van der Waals surface area (Å²) >= 11 is 0. The Morgan fingerprint density at radius 1 is 1.16 bits per heavy atom. The van der Waals surface area contributed by atoms with E-state index >= 15 is 0 Å². The fourth-order valence-corrected chi connectivity index (χ4v) is 2.79. The van der Waals surface area contributed by atoms with Crippen molar-refractivity contribution >= 4 is 0 Å². The van der Waals surface area contributed by atoms with Crippen molar-refractivity contribution in [2.45, 2.75) is 57.7 Å². The summed E-state index contributed by atoms with van der Waals surface area (Å²) in [5.41, 5.74) is 0.299. The molecule has 2 fully saturated rings. The van der Waals surface area contributed by atoms with E-state index in [2.05, 4.69) is 35.9 Å². The molecule has 0 aromatic rings. The molecule has 1 unspecified atom stereocenters. The van der Waals surface area contributed by atoms with E-state index in [-0.39, 0.29) is 6.61 Å². The second-order valence-electron chi connectivity index (χ2n) is 7.11. The Balaban J connectivity index is 1.64. The monoisotopic (exact) mass is 269 g/mol. The average Bonchev–Trinajstić information content (AvgIpc) is 3.18. The lowest BCUT2D eigenvalue weighted by atomic mass is 10.0. The molecule has 2 N–H and O–H groups in total. The zero-order valence-corrected chi connectivity index (χ0v) is 12.9. The minimum absolute atomic E-state index is 0.276. The first-order chi connectivity index (χ1) is 8.99. The normalized spacial score (nSPS) is 24.6. The SMILES string of the molecule is CC(C)(C)N1CCN(CCC(CO)NC2CC2)CC1. The maximum atomic E-state index is 9.39. The summed E-state index contributed by atoms with van der Waals surface area (Å²) in [6, 6.07) is 0.989. The van der Waals surface area contributed by atoms with Crippen molar-refractivity contribution in [2.24, 2.45) is 0 Å². The number of nitrogens with one attached hydrogen (secondary N) is 1. The number of aliphatic hydroxyl groups is 1. The summed E-state index contributed by atoms with van der Waals surface area (Å²) in [6.45, 7) is 12.9. The summed E-state index contributed by atoms with van der Waals surface area (Å²) in [5.74, 6) is 0. The highest BCUT2D eigenvalue weighted by Crippen LogP contribution is 2.20. The third-order valence-electron chi connectivity index (χ3n) is 4.38. The second kappa shape index (κ2) is 6.53. The van der Waals surface area contributed by atoms with Gasteiger partial charge in [0.1, 0.15) is 0 Å². The van der Waals surface area contributed by atoms with Crippen LogP contribution in [0.1, 0.15) is 40.0 Å². The van der Waals surface area contributed by atoms with Gasteiger partial charge in [0, 0.05) is 43.8 Å². The van der Waals surface area contributed by atoms with Crippen LogP contribution in [0.2, 0.25) is 0 Å². The van der Waals surface area contributed by atoms with E-state index in [1.807, 2.05) is 0 Å². The van der Waals surface area contributed by atoms with Crippen LogP contribution in [-0.2, 0) is 0 Å². The van der Waals surface area contributed by atoms with Crippen LogP contribution < -0.4 is 5.32 Å². The van der Waals surface area contributed by atoms with Gasteiger partial charge in [-0.25, -0.2) is 0 Å². The summed E-state index contributed by atoms with van der Waals surface area (Å²) in [5, 5.41) is 12.9. The molecular weight excluding hydrogens is 238 g/mol. The first-order valence-electron chi connectivity index (χ1n) is 7.83. The van der Waals surface area contributed by atoms with Crippen LogP contribution in [0.4, 0.5) is 0 Å². The lowest BCUT2D eigenvalue weighted by Gasteiger charge is -2.42. The van der Waals surface area contributed by atoms with E-state index in [9.17, 15) is 5.11 Å². The largest absolute Gasteiger partial charge is 0.395 e. The standard InChI is InChI=1S/C15H31N3O/c1-15(2,3)18-10-8-17(9-11-18)7-6-14(12-19)16-13-4-5-13/h13-14,16,19H,4-12H2,1-3H3. The van der Waals surface area contributed by atoms with Crippen LogP contribution in [-0.4, -0.2) is 71.9 Å². The van der Waals surface area contributed by atoms with Gasteiger partial charge in [-0.05, 0) is 46.6 Å². The predicted octanol–water partition coefficient (Wildman–Crippen LogP) is 0.906. The topological polar surface area (TPSA) is 38.7 Å². The molecule has 1 aliphatic heterocycles. The van der Waals surface area contributed by atoms with Crippen LogP contribution in [0.15, 0.2) is 0 Å². The predicted molar refractivity (Wildman–Crippen MR) is 79.4 cm³/mol. The molecule has 0 aromatic carbocycles. The second-order valence-corrected chi connectivity index (χ2v) is 7.11. The molecule has 0 aromatic heterocycles. The van der Waals surface area contributed by atoms with Gasteiger partial charge in [0.05, 0.1) is 6.61 Å². The van der Waals surface area contributed by atoms with E-state index in [0.29, 0.717) is 17.6 Å². The fraction of sp³-hybridized carbons (Fsp3) is 1.00. The van der Waals surface area contributed by atoms with E-state index in [4.69, 9.17) is 0 Å². The minimum atomic E-state index is 0.276. The number of aliphatic hydroxyl groups excluding tert-OH is 1. The maximum absolute atomic E-state index is 9.39. The summed E-state index contributed by atoms with van der Waals surface area (Å²) in [6.07, 6.45) is 3.66. The van der Waals surface area contributed by atoms with Crippen LogP contribution >= 0.6 is 0 Å². The number of hydrogen-bond acceptors (Lipinski definition) is 4. The van der Waals surface area contributed by atoms with Crippen molar-refractivity contribution in [3.8, 4) is 0 Å². The highest BCUT2D eigenvalue weighted by atomic mass is 16.3. The number of nitrogens with zero attached hydrogens (tertiary/aromatic N) is 2. The van der Waals surface area contributed by atoms with Crippen LogP contribution in [0.5, 0.6) is 0 Å². The van der Waals surface area contributed by atoms with E-state index in [1.54, 1.807) is 0 Å². The molecule has 2 rings (SSSR count). The van der Waals surface area contributed by atoms with E-state index in [1.165, 1.54) is 39.0 Å². The fourth-order valence-electron chi connectivity index (χ4n) is 2.79. The molecule has 1 aliphatic carbocycles. The van der Waals surface area contributed by atoms with E-state index < -0.39 is 0 Å². The van der Waals surface area contributed by atoms with Gasteiger partial charge in [-0.15, -0.1) is 0 Å². The van der Waals surface area contributed by atoms with Gasteiger partial charge in [-0.2, -0.15) is 0 Å². The Bertz CT molecular complexity index is 265. The van der Waals surface area contributed by atoms with Crippen LogP contribution in [0, 0.1) is 0 Å². The molecule has 4 heteroatoms. The Kier molecular flexibility index (Phi) is 5.23. The third kappa shape index (κ3) is 5.03. The Hall–Kier alpha value is -0.160. The Labute approximate surface area is 118 Å². The smallest absolute Gasteiger partial charge is 0.0585 e. The Morgan fingerprint density at radius 3 is 2.26 bits per heavy atom. The number of piperazine rings is 1. The first-order valence-corrected chi connectivity index (χ1v) is 7.83. The lowest BCUT2D eigenvalue weighted by Crippen LogP contribution is -2.53. The van der Waals surface area contributed by atoms with Gasteiger partial charge >= 0.3 is 0 Å². The summed E-state index contributed by atoms with van der Waals surface area (Å²) in [7, 11) is 0. The van der Waals surface area contributed by atoms with Crippen molar-refractivity contribution < 1.29 is 5.11 Å². The summed E-state index contributed by atoms with van der Waals surface area (Å²) in [4.78, 5) is 5.11. The van der Waals surface area contributed by atoms with Crippen molar-refractivity contribution in [1.29, 1.82) is 0 Å². The highest BCUT2D eigenvalue weighted by Gasteiger charge is 2.27. The van der Waals surface area contributed by atoms with Gasteiger partial charge in [-0.1, -0.05) is 0 Å². The number of hydrogen-bond donors (Lipinski definition) is 2. The molecule has 1 heterocycles. The molecular formula is C15H31N3O. The van der Waals surface area contributed by atoms with Gasteiger partial charge in [0.15, 0.2) is 0 Å².